The SMILES string of the molecule is OCC1(c2csc(-c3ccccc3Br)n2)CCC1. The molecule has 1 N–H and O–H groups in total. The fraction of sp³-hybridized carbons (Fsp3) is 0.357. The van der Waals surface area contributed by atoms with Crippen LogP contribution in [0, 0.1) is 0 Å². The zero-order chi connectivity index (χ0) is 12.6. The highest BCUT2D eigenvalue weighted by Gasteiger charge is 2.40. The van der Waals surface area contributed by atoms with Crippen molar-refractivity contribution < 1.29 is 5.11 Å². The number of aromatic nitrogens is 1. The fourth-order valence-corrected chi connectivity index (χ4v) is 3.96. The highest BCUT2D eigenvalue weighted by Crippen LogP contribution is 2.44. The van der Waals surface area contributed by atoms with Crippen molar-refractivity contribution in [2.24, 2.45) is 0 Å². The quantitative estimate of drug-likeness (QED) is 0.926. The van der Waals surface area contributed by atoms with Crippen LogP contribution < -0.4 is 0 Å². The van der Waals surface area contributed by atoms with E-state index in [0.717, 1.165) is 33.6 Å². The number of hydrogen-bond donors (Lipinski definition) is 1. The topological polar surface area (TPSA) is 33.1 Å². The molecule has 1 saturated carbocycles. The van der Waals surface area contributed by atoms with Crippen molar-refractivity contribution >= 4 is 27.3 Å². The summed E-state index contributed by atoms with van der Waals surface area (Å²) in [7, 11) is 0. The van der Waals surface area contributed by atoms with Gasteiger partial charge < -0.3 is 5.11 Å². The van der Waals surface area contributed by atoms with Gasteiger partial charge in [-0.1, -0.05) is 40.5 Å². The maximum Gasteiger partial charge on any atom is 0.124 e. The molecule has 0 aliphatic heterocycles. The van der Waals surface area contributed by atoms with Gasteiger partial charge in [-0.2, -0.15) is 0 Å². The third kappa shape index (κ3) is 1.92. The van der Waals surface area contributed by atoms with Crippen molar-refractivity contribution in [3.63, 3.8) is 0 Å². The Hall–Kier alpha value is -0.710. The Morgan fingerprint density at radius 1 is 1.33 bits per heavy atom. The third-order valence-corrected chi connectivity index (χ3v) is 5.33. The van der Waals surface area contributed by atoms with Crippen LogP contribution >= 0.6 is 27.3 Å². The number of nitrogens with zero attached hydrogens (tertiary/aromatic N) is 1. The monoisotopic (exact) mass is 323 g/mol. The molecule has 4 heteroatoms. The molecule has 1 aromatic carbocycles. The summed E-state index contributed by atoms with van der Waals surface area (Å²) in [5.74, 6) is 0. The predicted octanol–water partition coefficient (Wildman–Crippen LogP) is 3.99. The van der Waals surface area contributed by atoms with Gasteiger partial charge >= 0.3 is 0 Å². The van der Waals surface area contributed by atoms with E-state index < -0.39 is 0 Å². The van der Waals surface area contributed by atoms with E-state index in [1.54, 1.807) is 11.3 Å². The Kier molecular flexibility index (Phi) is 3.26. The maximum atomic E-state index is 9.58. The van der Waals surface area contributed by atoms with Crippen molar-refractivity contribution in [3.05, 3.63) is 39.8 Å². The Labute approximate surface area is 119 Å². The molecule has 0 saturated heterocycles. The largest absolute Gasteiger partial charge is 0.395 e. The van der Waals surface area contributed by atoms with E-state index in [1.165, 1.54) is 6.42 Å². The molecule has 2 nitrogen and oxygen atoms in total. The van der Waals surface area contributed by atoms with Crippen LogP contribution in [0.2, 0.25) is 0 Å². The Bertz CT molecular complexity index is 557. The van der Waals surface area contributed by atoms with Gasteiger partial charge in [-0.3, -0.25) is 0 Å². The summed E-state index contributed by atoms with van der Waals surface area (Å²) in [6.45, 7) is 0.214. The zero-order valence-electron chi connectivity index (χ0n) is 9.90. The molecule has 18 heavy (non-hydrogen) atoms. The summed E-state index contributed by atoms with van der Waals surface area (Å²) in [4.78, 5) is 4.73. The van der Waals surface area contributed by atoms with Gasteiger partial charge in [0.25, 0.3) is 0 Å². The van der Waals surface area contributed by atoms with E-state index in [4.69, 9.17) is 4.98 Å². The minimum atomic E-state index is -0.0595. The van der Waals surface area contributed by atoms with E-state index in [2.05, 4.69) is 27.4 Å². The molecule has 0 atom stereocenters. The van der Waals surface area contributed by atoms with Crippen LogP contribution in [0.25, 0.3) is 10.6 Å². The lowest BCUT2D eigenvalue weighted by Crippen LogP contribution is -2.38. The van der Waals surface area contributed by atoms with Gasteiger partial charge in [-0.25, -0.2) is 4.98 Å². The van der Waals surface area contributed by atoms with Gasteiger partial charge in [0.15, 0.2) is 0 Å². The highest BCUT2D eigenvalue weighted by atomic mass is 79.9. The van der Waals surface area contributed by atoms with E-state index >= 15 is 0 Å². The summed E-state index contributed by atoms with van der Waals surface area (Å²) in [6, 6.07) is 8.12. The number of aliphatic hydroxyl groups excluding tert-OH is 1. The average Bonchev–Trinajstić information content (AvgIpc) is 2.79. The number of aliphatic hydroxyl groups is 1. The molecule has 1 heterocycles. The molecule has 1 aliphatic rings. The first-order chi connectivity index (χ1) is 8.75. The number of halogens is 1. The highest BCUT2D eigenvalue weighted by molar-refractivity contribution is 9.10. The first-order valence-corrected chi connectivity index (χ1v) is 7.74. The van der Waals surface area contributed by atoms with Crippen molar-refractivity contribution in [2.75, 3.05) is 6.61 Å². The summed E-state index contributed by atoms with van der Waals surface area (Å²) < 4.78 is 1.07. The molecule has 0 unspecified atom stereocenters. The van der Waals surface area contributed by atoms with Crippen LogP contribution in [0.3, 0.4) is 0 Å². The number of thiazole rings is 1. The van der Waals surface area contributed by atoms with Crippen molar-refractivity contribution in [3.8, 4) is 10.6 Å². The minimum absolute atomic E-state index is 0.0595. The molecule has 94 valence electrons. The second-order valence-electron chi connectivity index (χ2n) is 4.81. The van der Waals surface area contributed by atoms with Crippen molar-refractivity contribution in [1.29, 1.82) is 0 Å². The second kappa shape index (κ2) is 4.76. The van der Waals surface area contributed by atoms with Crippen LogP contribution in [0.5, 0.6) is 0 Å². The van der Waals surface area contributed by atoms with Crippen LogP contribution in [-0.4, -0.2) is 16.7 Å². The third-order valence-electron chi connectivity index (χ3n) is 3.77. The van der Waals surface area contributed by atoms with Gasteiger partial charge in [-0.05, 0) is 18.9 Å². The number of rotatable bonds is 3. The Morgan fingerprint density at radius 3 is 2.72 bits per heavy atom. The van der Waals surface area contributed by atoms with Crippen molar-refractivity contribution in [2.45, 2.75) is 24.7 Å². The first-order valence-electron chi connectivity index (χ1n) is 6.07. The molecule has 0 spiro atoms. The first kappa shape index (κ1) is 12.3. The Morgan fingerprint density at radius 2 is 2.11 bits per heavy atom. The lowest BCUT2D eigenvalue weighted by atomic mass is 9.67. The smallest absolute Gasteiger partial charge is 0.124 e. The molecule has 1 aromatic heterocycles. The number of hydrogen-bond acceptors (Lipinski definition) is 3. The van der Waals surface area contributed by atoms with Crippen LogP contribution in [0.4, 0.5) is 0 Å². The summed E-state index contributed by atoms with van der Waals surface area (Å²) >= 11 is 5.21. The fourth-order valence-electron chi connectivity index (χ4n) is 2.37. The summed E-state index contributed by atoms with van der Waals surface area (Å²) in [6.07, 6.45) is 3.31. The van der Waals surface area contributed by atoms with E-state index in [0.29, 0.717) is 0 Å². The molecule has 0 amide bonds. The van der Waals surface area contributed by atoms with Crippen molar-refractivity contribution in [1.82, 2.24) is 4.98 Å². The zero-order valence-corrected chi connectivity index (χ0v) is 12.3. The van der Waals surface area contributed by atoms with Crippen LogP contribution in [-0.2, 0) is 5.41 Å². The molecule has 2 aromatic rings. The summed E-state index contributed by atoms with van der Waals surface area (Å²) in [5, 5.41) is 12.7. The minimum Gasteiger partial charge on any atom is -0.395 e. The van der Waals surface area contributed by atoms with Crippen LogP contribution in [0.1, 0.15) is 25.0 Å². The second-order valence-corrected chi connectivity index (χ2v) is 6.52. The van der Waals surface area contributed by atoms with Gasteiger partial charge in [0.1, 0.15) is 5.01 Å². The van der Waals surface area contributed by atoms with E-state index in [1.807, 2.05) is 18.2 Å². The average molecular weight is 324 g/mol. The van der Waals surface area contributed by atoms with Gasteiger partial charge in [0.2, 0.25) is 0 Å². The van der Waals surface area contributed by atoms with E-state index in [9.17, 15) is 5.11 Å². The lowest BCUT2D eigenvalue weighted by Gasteiger charge is -2.38. The maximum absolute atomic E-state index is 9.58. The van der Waals surface area contributed by atoms with Gasteiger partial charge in [-0.15, -0.1) is 11.3 Å². The summed E-state index contributed by atoms with van der Waals surface area (Å²) in [5.41, 5.74) is 2.13. The van der Waals surface area contributed by atoms with Crippen LogP contribution in [0.15, 0.2) is 34.1 Å². The molecule has 0 bridgehead atoms. The molecule has 0 radical (unpaired) electrons. The normalized spacial score (nSPS) is 17.4. The van der Waals surface area contributed by atoms with Gasteiger partial charge in [0, 0.05) is 20.8 Å². The van der Waals surface area contributed by atoms with Gasteiger partial charge in [0.05, 0.1) is 12.3 Å². The molecular weight excluding hydrogens is 310 g/mol. The lowest BCUT2D eigenvalue weighted by molar-refractivity contribution is 0.117. The molecule has 1 fully saturated rings. The predicted molar refractivity (Wildman–Crippen MR) is 77.9 cm³/mol. The Balaban J connectivity index is 1.97. The standard InChI is InChI=1S/C14H14BrNOS/c15-11-5-2-1-4-10(11)13-16-12(8-18-13)14(9-17)6-3-7-14/h1-2,4-5,8,17H,3,6-7,9H2. The van der Waals surface area contributed by atoms with E-state index in [-0.39, 0.29) is 12.0 Å². The number of benzene rings is 1. The molecule has 3 rings (SSSR count). The molecule has 1 aliphatic carbocycles. The molecular formula is C14H14BrNOS.